The van der Waals surface area contributed by atoms with Gasteiger partial charge in [0.05, 0.1) is 11.5 Å². The van der Waals surface area contributed by atoms with E-state index >= 15 is 0 Å². The lowest BCUT2D eigenvalue weighted by molar-refractivity contribution is 0.218. The number of hydrogen-bond acceptors (Lipinski definition) is 4. The second-order valence-electron chi connectivity index (χ2n) is 8.19. The van der Waals surface area contributed by atoms with Crippen LogP contribution in [0, 0.1) is 5.82 Å². The van der Waals surface area contributed by atoms with E-state index in [1.54, 1.807) is 19.1 Å². The van der Waals surface area contributed by atoms with E-state index in [0.717, 1.165) is 37.7 Å². The van der Waals surface area contributed by atoms with Crippen LogP contribution in [0.5, 0.6) is 0 Å². The first-order valence-electron chi connectivity index (χ1n) is 9.50. The highest BCUT2D eigenvalue weighted by Crippen LogP contribution is 2.39. The van der Waals surface area contributed by atoms with E-state index in [0.29, 0.717) is 13.0 Å². The lowest BCUT2D eigenvalue weighted by atomic mass is 9.69. The molecular weight excluding hydrogens is 369 g/mol. The standard InChI is InChI=1S/C19H28FN3O3S/c1-18(10-11-27(25,26)14-18)23-22-17(24)21-13-19(8-3-2-4-9-19)15-6-5-7-16(20)12-15/h5-7,12,23H,2-4,8-11,13-14H2,1H3,(H2,21,22,24)/t18-/m0/s1. The highest BCUT2D eigenvalue weighted by molar-refractivity contribution is 7.91. The number of carbonyl (C=O) groups excluding carboxylic acids is 1. The molecule has 1 atom stereocenters. The highest BCUT2D eigenvalue weighted by atomic mass is 32.2. The third-order valence-electron chi connectivity index (χ3n) is 5.82. The summed E-state index contributed by atoms with van der Waals surface area (Å²) in [7, 11) is -3.05. The van der Waals surface area contributed by atoms with Crippen LogP contribution in [0.2, 0.25) is 0 Å². The lowest BCUT2D eigenvalue weighted by Crippen LogP contribution is -2.57. The van der Waals surface area contributed by atoms with Gasteiger partial charge in [-0.25, -0.2) is 23.0 Å². The Morgan fingerprint density at radius 3 is 2.56 bits per heavy atom. The van der Waals surface area contributed by atoms with Crippen LogP contribution in [0.4, 0.5) is 9.18 Å². The number of nitrogens with one attached hydrogen (secondary N) is 3. The van der Waals surface area contributed by atoms with Gasteiger partial charge in [-0.05, 0) is 43.9 Å². The number of hydrogen-bond donors (Lipinski definition) is 3. The van der Waals surface area contributed by atoms with E-state index in [-0.39, 0.29) is 22.7 Å². The van der Waals surface area contributed by atoms with Crippen LogP contribution in [-0.4, -0.2) is 38.0 Å². The summed E-state index contributed by atoms with van der Waals surface area (Å²) in [6.07, 6.45) is 5.52. The fourth-order valence-electron chi connectivity index (χ4n) is 4.22. The minimum absolute atomic E-state index is 0.00745. The zero-order valence-corrected chi connectivity index (χ0v) is 16.5. The molecule has 150 valence electrons. The average molecular weight is 398 g/mol. The molecule has 27 heavy (non-hydrogen) atoms. The van der Waals surface area contributed by atoms with E-state index in [1.807, 2.05) is 6.07 Å². The molecule has 6 nitrogen and oxygen atoms in total. The van der Waals surface area contributed by atoms with Gasteiger partial charge in [0.25, 0.3) is 0 Å². The van der Waals surface area contributed by atoms with Crippen molar-refractivity contribution >= 4 is 15.9 Å². The Morgan fingerprint density at radius 1 is 1.19 bits per heavy atom. The van der Waals surface area contributed by atoms with Gasteiger partial charge >= 0.3 is 6.03 Å². The number of sulfone groups is 1. The first-order valence-corrected chi connectivity index (χ1v) is 11.3. The van der Waals surface area contributed by atoms with Gasteiger partial charge in [0.1, 0.15) is 5.82 Å². The maximum atomic E-state index is 13.7. The molecule has 0 radical (unpaired) electrons. The van der Waals surface area contributed by atoms with Crippen molar-refractivity contribution in [3.05, 3.63) is 35.6 Å². The Morgan fingerprint density at radius 2 is 1.93 bits per heavy atom. The van der Waals surface area contributed by atoms with E-state index in [4.69, 9.17) is 0 Å². The Balaban J connectivity index is 1.60. The summed E-state index contributed by atoms with van der Waals surface area (Å²) in [5.74, 6) is -0.130. The van der Waals surface area contributed by atoms with Crippen molar-refractivity contribution in [2.45, 2.75) is 56.4 Å². The zero-order valence-electron chi connectivity index (χ0n) is 15.7. The van der Waals surface area contributed by atoms with Gasteiger partial charge in [-0.3, -0.25) is 5.43 Å². The minimum atomic E-state index is -3.05. The zero-order chi connectivity index (χ0) is 19.5. The fraction of sp³-hybridized carbons (Fsp3) is 0.632. The average Bonchev–Trinajstić information content (AvgIpc) is 2.93. The summed E-state index contributed by atoms with van der Waals surface area (Å²) >= 11 is 0. The second-order valence-corrected chi connectivity index (χ2v) is 10.4. The van der Waals surface area contributed by atoms with E-state index in [9.17, 15) is 17.6 Å². The fourth-order valence-corrected chi connectivity index (χ4v) is 6.32. The molecule has 3 N–H and O–H groups in total. The maximum absolute atomic E-state index is 13.7. The number of halogens is 1. The summed E-state index contributed by atoms with van der Waals surface area (Å²) in [4.78, 5) is 12.3. The van der Waals surface area contributed by atoms with Gasteiger partial charge in [0.15, 0.2) is 9.84 Å². The molecule has 1 aliphatic carbocycles. The number of rotatable bonds is 5. The van der Waals surface area contributed by atoms with Crippen LogP contribution in [-0.2, 0) is 15.3 Å². The normalized spacial score (nSPS) is 26.4. The van der Waals surface area contributed by atoms with Gasteiger partial charge in [0.2, 0.25) is 0 Å². The van der Waals surface area contributed by atoms with Gasteiger partial charge in [0, 0.05) is 17.5 Å². The number of benzene rings is 1. The minimum Gasteiger partial charge on any atom is -0.336 e. The van der Waals surface area contributed by atoms with Crippen LogP contribution in [0.25, 0.3) is 0 Å². The van der Waals surface area contributed by atoms with Crippen LogP contribution in [0.15, 0.2) is 24.3 Å². The third-order valence-corrected chi connectivity index (χ3v) is 7.72. The van der Waals surface area contributed by atoms with Crippen LogP contribution in [0.1, 0.15) is 51.0 Å². The molecule has 1 aliphatic heterocycles. The first kappa shape index (κ1) is 20.1. The molecule has 0 unspecified atom stereocenters. The summed E-state index contributed by atoms with van der Waals surface area (Å²) < 4.78 is 37.0. The Labute approximate surface area is 160 Å². The molecule has 0 bridgehead atoms. The van der Waals surface area contributed by atoms with Crippen molar-refractivity contribution in [3.63, 3.8) is 0 Å². The summed E-state index contributed by atoms with van der Waals surface area (Å²) in [5, 5.41) is 2.89. The molecule has 2 amide bonds. The Kier molecular flexibility index (Phi) is 5.76. The van der Waals surface area contributed by atoms with Gasteiger partial charge in [-0.15, -0.1) is 0 Å². The molecule has 1 aromatic rings. The van der Waals surface area contributed by atoms with E-state index < -0.39 is 21.4 Å². The molecule has 1 heterocycles. The summed E-state index contributed by atoms with van der Waals surface area (Å²) in [6.45, 7) is 2.20. The molecule has 1 saturated heterocycles. The molecule has 2 aliphatic rings. The Bertz CT molecular complexity index is 793. The number of urea groups is 1. The van der Waals surface area contributed by atoms with Crippen molar-refractivity contribution in [3.8, 4) is 0 Å². The van der Waals surface area contributed by atoms with Gasteiger partial charge in [-0.1, -0.05) is 31.4 Å². The van der Waals surface area contributed by atoms with Crippen LogP contribution in [0.3, 0.4) is 0 Å². The topological polar surface area (TPSA) is 87.3 Å². The summed E-state index contributed by atoms with van der Waals surface area (Å²) in [6, 6.07) is 6.23. The second kappa shape index (κ2) is 7.75. The van der Waals surface area contributed by atoms with Crippen molar-refractivity contribution in [1.29, 1.82) is 0 Å². The Hall–Kier alpha value is -1.67. The molecule has 0 aromatic heterocycles. The van der Waals surface area contributed by atoms with Crippen molar-refractivity contribution in [2.24, 2.45) is 0 Å². The van der Waals surface area contributed by atoms with Crippen molar-refractivity contribution in [2.75, 3.05) is 18.1 Å². The number of amides is 2. The SMILES string of the molecule is C[C@]1(NNC(=O)NCC2(c3cccc(F)c3)CCCCC2)CCS(=O)(=O)C1. The number of hydrazine groups is 1. The molecule has 0 spiro atoms. The lowest BCUT2D eigenvalue weighted by Gasteiger charge is -2.38. The van der Waals surface area contributed by atoms with E-state index in [2.05, 4.69) is 16.2 Å². The monoisotopic (exact) mass is 397 g/mol. The van der Waals surface area contributed by atoms with Gasteiger partial charge in [-0.2, -0.15) is 0 Å². The van der Waals surface area contributed by atoms with E-state index in [1.165, 1.54) is 6.07 Å². The molecular formula is C19H28FN3O3S. The van der Waals surface area contributed by atoms with Crippen LogP contribution >= 0.6 is 0 Å². The van der Waals surface area contributed by atoms with Crippen LogP contribution < -0.4 is 16.2 Å². The molecule has 8 heteroatoms. The summed E-state index contributed by atoms with van der Waals surface area (Å²) in [5.41, 5.74) is 5.45. The highest BCUT2D eigenvalue weighted by Gasteiger charge is 2.39. The third kappa shape index (κ3) is 4.99. The largest absolute Gasteiger partial charge is 0.336 e. The number of carbonyl (C=O) groups is 1. The quantitative estimate of drug-likeness (QED) is 0.666. The predicted molar refractivity (Wildman–Crippen MR) is 103 cm³/mol. The molecule has 1 aromatic carbocycles. The molecule has 1 saturated carbocycles. The molecule has 3 rings (SSSR count). The maximum Gasteiger partial charge on any atom is 0.329 e. The van der Waals surface area contributed by atoms with Crippen molar-refractivity contribution < 1.29 is 17.6 Å². The smallest absolute Gasteiger partial charge is 0.329 e. The van der Waals surface area contributed by atoms with Crippen molar-refractivity contribution in [1.82, 2.24) is 16.2 Å². The predicted octanol–water partition coefficient (Wildman–Crippen LogP) is 2.41. The van der Waals surface area contributed by atoms with Gasteiger partial charge < -0.3 is 5.32 Å². The molecule has 2 fully saturated rings. The first-order chi connectivity index (χ1) is 12.7.